The number of rotatable bonds is 9. The van der Waals surface area contributed by atoms with Crippen molar-refractivity contribution in [2.45, 2.75) is 57.4 Å². The average Bonchev–Trinajstić information content (AvgIpc) is 3.23. The van der Waals surface area contributed by atoms with Crippen molar-refractivity contribution in [1.82, 2.24) is 10.6 Å². The van der Waals surface area contributed by atoms with Crippen LogP contribution in [0.25, 0.3) is 0 Å². The molecule has 2 rings (SSSR count). The molecule has 0 bridgehead atoms. The van der Waals surface area contributed by atoms with E-state index in [1.54, 1.807) is 0 Å². The molecule has 2 aliphatic carbocycles. The maximum absolute atomic E-state index is 11.7. The molecule has 0 heterocycles. The predicted octanol–water partition coefficient (Wildman–Crippen LogP) is 2.12. The van der Waals surface area contributed by atoms with Crippen LogP contribution in [0.4, 0.5) is 4.79 Å². The standard InChI is InChI=1S/C14H24N2O3/c17-12(18)4-2-1-3-9-15-14(19)16-13(10-5-6-10)11-7-8-11/h10-11,13H,1-9H2,(H,17,18)(H2,15,16,19). The summed E-state index contributed by atoms with van der Waals surface area (Å²) in [5, 5.41) is 14.5. The summed E-state index contributed by atoms with van der Waals surface area (Å²) < 4.78 is 0. The SMILES string of the molecule is O=C(O)CCCCCNC(=O)NC(C1CC1)C1CC1. The smallest absolute Gasteiger partial charge is 0.315 e. The first-order valence-electron chi connectivity index (χ1n) is 7.43. The third-order valence-corrected chi connectivity index (χ3v) is 3.91. The van der Waals surface area contributed by atoms with Crippen LogP contribution in [0.15, 0.2) is 0 Å². The molecule has 108 valence electrons. The fraction of sp³-hybridized carbons (Fsp3) is 0.857. The first kappa shape index (κ1) is 14.2. The van der Waals surface area contributed by atoms with Crippen molar-refractivity contribution in [2.75, 3.05) is 6.54 Å². The molecule has 2 saturated carbocycles. The monoisotopic (exact) mass is 268 g/mol. The van der Waals surface area contributed by atoms with E-state index in [4.69, 9.17) is 5.11 Å². The van der Waals surface area contributed by atoms with Crippen molar-refractivity contribution < 1.29 is 14.7 Å². The van der Waals surface area contributed by atoms with Crippen LogP contribution in [0.2, 0.25) is 0 Å². The minimum atomic E-state index is -0.748. The third-order valence-electron chi connectivity index (χ3n) is 3.91. The number of hydrogen-bond acceptors (Lipinski definition) is 2. The van der Waals surface area contributed by atoms with E-state index in [2.05, 4.69) is 10.6 Å². The number of urea groups is 1. The highest BCUT2D eigenvalue weighted by atomic mass is 16.4. The maximum Gasteiger partial charge on any atom is 0.315 e. The molecule has 0 aliphatic heterocycles. The van der Waals surface area contributed by atoms with Gasteiger partial charge >= 0.3 is 12.0 Å². The van der Waals surface area contributed by atoms with E-state index < -0.39 is 5.97 Å². The molecule has 5 heteroatoms. The van der Waals surface area contributed by atoms with Crippen molar-refractivity contribution in [3.8, 4) is 0 Å². The number of amides is 2. The highest BCUT2D eigenvalue weighted by Gasteiger charge is 2.42. The van der Waals surface area contributed by atoms with E-state index in [-0.39, 0.29) is 12.5 Å². The lowest BCUT2D eigenvalue weighted by molar-refractivity contribution is -0.137. The van der Waals surface area contributed by atoms with Gasteiger partial charge in [0.2, 0.25) is 0 Å². The summed E-state index contributed by atoms with van der Waals surface area (Å²) in [6.07, 6.45) is 7.64. The van der Waals surface area contributed by atoms with E-state index in [9.17, 15) is 9.59 Å². The number of nitrogens with one attached hydrogen (secondary N) is 2. The molecule has 19 heavy (non-hydrogen) atoms. The molecule has 0 radical (unpaired) electrons. The van der Waals surface area contributed by atoms with Crippen molar-refractivity contribution in [3.63, 3.8) is 0 Å². The molecular formula is C14H24N2O3. The number of carbonyl (C=O) groups is 2. The zero-order valence-electron chi connectivity index (χ0n) is 11.4. The van der Waals surface area contributed by atoms with E-state index in [1.807, 2.05) is 0 Å². The van der Waals surface area contributed by atoms with Crippen LogP contribution in [0, 0.1) is 11.8 Å². The molecule has 5 nitrogen and oxygen atoms in total. The molecule has 2 fully saturated rings. The van der Waals surface area contributed by atoms with Gasteiger partial charge in [0.05, 0.1) is 0 Å². The van der Waals surface area contributed by atoms with Gasteiger partial charge < -0.3 is 15.7 Å². The minimum Gasteiger partial charge on any atom is -0.481 e. The molecule has 0 unspecified atom stereocenters. The molecule has 2 aliphatic rings. The van der Waals surface area contributed by atoms with Crippen LogP contribution in [-0.4, -0.2) is 29.7 Å². The Morgan fingerprint density at radius 2 is 1.68 bits per heavy atom. The largest absolute Gasteiger partial charge is 0.481 e. The zero-order valence-corrected chi connectivity index (χ0v) is 11.4. The number of hydrogen-bond donors (Lipinski definition) is 3. The van der Waals surface area contributed by atoms with Crippen LogP contribution >= 0.6 is 0 Å². The zero-order chi connectivity index (χ0) is 13.7. The van der Waals surface area contributed by atoms with Gasteiger partial charge in [-0.25, -0.2) is 4.79 Å². The summed E-state index contributed by atoms with van der Waals surface area (Å²) in [5.74, 6) is 0.685. The van der Waals surface area contributed by atoms with Gasteiger partial charge in [-0.2, -0.15) is 0 Å². The Bertz CT molecular complexity index is 313. The Kier molecular flexibility index (Phi) is 5.05. The number of carbonyl (C=O) groups excluding carboxylic acids is 1. The van der Waals surface area contributed by atoms with Crippen LogP contribution in [0.5, 0.6) is 0 Å². The topological polar surface area (TPSA) is 78.4 Å². The van der Waals surface area contributed by atoms with Gasteiger partial charge in [0.25, 0.3) is 0 Å². The van der Waals surface area contributed by atoms with Gasteiger partial charge in [-0.3, -0.25) is 4.79 Å². The molecular weight excluding hydrogens is 244 g/mol. The molecule has 2 amide bonds. The van der Waals surface area contributed by atoms with Gasteiger partial charge in [0.15, 0.2) is 0 Å². The van der Waals surface area contributed by atoms with E-state index in [0.29, 0.717) is 30.8 Å². The molecule has 3 N–H and O–H groups in total. The van der Waals surface area contributed by atoms with Gasteiger partial charge in [-0.1, -0.05) is 6.42 Å². The van der Waals surface area contributed by atoms with Crippen molar-refractivity contribution >= 4 is 12.0 Å². The van der Waals surface area contributed by atoms with Gasteiger partial charge in [-0.05, 0) is 50.4 Å². The van der Waals surface area contributed by atoms with Crippen LogP contribution in [0.1, 0.15) is 51.4 Å². The Morgan fingerprint density at radius 3 is 2.21 bits per heavy atom. The quantitative estimate of drug-likeness (QED) is 0.560. The number of unbranched alkanes of at least 4 members (excludes halogenated alkanes) is 2. The normalized spacial score (nSPS) is 18.4. The van der Waals surface area contributed by atoms with Crippen LogP contribution < -0.4 is 10.6 Å². The highest BCUT2D eigenvalue weighted by molar-refractivity contribution is 5.74. The fourth-order valence-corrected chi connectivity index (χ4v) is 2.51. The molecule has 0 saturated heterocycles. The summed E-state index contributed by atoms with van der Waals surface area (Å²) >= 11 is 0. The summed E-state index contributed by atoms with van der Waals surface area (Å²) in [5.41, 5.74) is 0. The molecule has 0 atom stereocenters. The molecule has 0 aromatic rings. The lowest BCUT2D eigenvalue weighted by Crippen LogP contribution is -2.44. The lowest BCUT2D eigenvalue weighted by atomic mass is 10.1. The Hall–Kier alpha value is -1.26. The highest BCUT2D eigenvalue weighted by Crippen LogP contribution is 2.44. The third kappa shape index (κ3) is 5.49. The Morgan fingerprint density at radius 1 is 1.05 bits per heavy atom. The van der Waals surface area contributed by atoms with Crippen molar-refractivity contribution in [1.29, 1.82) is 0 Å². The number of aliphatic carboxylic acids is 1. The second-order valence-corrected chi connectivity index (χ2v) is 5.81. The molecule has 0 aromatic heterocycles. The second kappa shape index (κ2) is 6.78. The van der Waals surface area contributed by atoms with E-state index in [1.165, 1.54) is 25.7 Å². The van der Waals surface area contributed by atoms with Gasteiger partial charge in [0, 0.05) is 19.0 Å². The maximum atomic E-state index is 11.7. The molecule has 0 spiro atoms. The number of carboxylic acid groups (broad SMARTS) is 1. The van der Waals surface area contributed by atoms with Crippen LogP contribution in [-0.2, 0) is 4.79 Å². The Balaban J connectivity index is 1.50. The second-order valence-electron chi connectivity index (χ2n) is 5.81. The van der Waals surface area contributed by atoms with Gasteiger partial charge in [-0.15, -0.1) is 0 Å². The number of carboxylic acids is 1. The summed E-state index contributed by atoms with van der Waals surface area (Å²) in [6.45, 7) is 0.632. The van der Waals surface area contributed by atoms with E-state index in [0.717, 1.165) is 12.8 Å². The Labute approximate surface area is 114 Å². The average molecular weight is 268 g/mol. The van der Waals surface area contributed by atoms with Crippen LogP contribution in [0.3, 0.4) is 0 Å². The van der Waals surface area contributed by atoms with E-state index >= 15 is 0 Å². The first-order chi connectivity index (χ1) is 9.16. The van der Waals surface area contributed by atoms with Crippen molar-refractivity contribution in [3.05, 3.63) is 0 Å². The fourth-order valence-electron chi connectivity index (χ4n) is 2.51. The van der Waals surface area contributed by atoms with Crippen molar-refractivity contribution in [2.24, 2.45) is 11.8 Å². The summed E-state index contributed by atoms with van der Waals surface area (Å²) in [7, 11) is 0. The predicted molar refractivity (Wildman–Crippen MR) is 71.9 cm³/mol. The first-order valence-corrected chi connectivity index (χ1v) is 7.43. The van der Waals surface area contributed by atoms with Gasteiger partial charge in [0.1, 0.15) is 0 Å². The lowest BCUT2D eigenvalue weighted by Gasteiger charge is -2.18. The minimum absolute atomic E-state index is 0.0537. The summed E-state index contributed by atoms with van der Waals surface area (Å²) in [4.78, 5) is 22.1. The molecule has 0 aromatic carbocycles. The summed E-state index contributed by atoms with van der Waals surface area (Å²) in [6, 6.07) is 0.342.